The number of ether oxygens (including phenoxy) is 3. The fraction of sp³-hybridized carbons (Fsp3) is 0.462. The molecule has 0 saturated heterocycles. The summed E-state index contributed by atoms with van der Waals surface area (Å²) in [7, 11) is 4.61. The number of ketones is 1. The molecular weight excluding hydrogens is 252 g/mol. The van der Waals surface area contributed by atoms with Crippen LogP contribution in [-0.2, 0) is 0 Å². The third kappa shape index (κ3) is 3.32. The third-order valence-corrected chi connectivity index (χ3v) is 3.13. The number of benzene rings is 1. The van der Waals surface area contributed by atoms with E-state index in [1.54, 1.807) is 23.9 Å². The van der Waals surface area contributed by atoms with Gasteiger partial charge in [0.05, 0.1) is 21.3 Å². The highest BCUT2D eigenvalue weighted by Gasteiger charge is 2.16. The molecule has 0 saturated carbocycles. The maximum absolute atomic E-state index is 12.0. The zero-order valence-electron chi connectivity index (χ0n) is 11.1. The van der Waals surface area contributed by atoms with Gasteiger partial charge in [0.15, 0.2) is 17.3 Å². The number of carbonyl (C=O) groups is 1. The first-order chi connectivity index (χ1) is 8.67. The molecule has 0 aliphatic carbocycles. The van der Waals surface area contributed by atoms with Crippen LogP contribution in [0.5, 0.6) is 17.2 Å². The molecule has 1 aromatic carbocycles. The number of thioether (sulfide) groups is 1. The Hall–Kier alpha value is -1.36. The second kappa shape index (κ2) is 7.16. The monoisotopic (exact) mass is 270 g/mol. The van der Waals surface area contributed by atoms with E-state index in [1.807, 2.05) is 6.26 Å². The van der Waals surface area contributed by atoms with Crippen LogP contribution in [-0.4, -0.2) is 39.1 Å². The number of hydrogen-bond donors (Lipinski definition) is 0. The molecule has 0 aliphatic rings. The average molecular weight is 270 g/mol. The Morgan fingerprint density at radius 3 is 2.06 bits per heavy atom. The zero-order chi connectivity index (χ0) is 13.5. The first kappa shape index (κ1) is 14.7. The summed E-state index contributed by atoms with van der Waals surface area (Å²) in [5, 5.41) is 0. The Balaban J connectivity index is 3.10. The van der Waals surface area contributed by atoms with Gasteiger partial charge in [0, 0.05) is 17.7 Å². The van der Waals surface area contributed by atoms with E-state index in [-0.39, 0.29) is 5.78 Å². The van der Waals surface area contributed by atoms with Gasteiger partial charge < -0.3 is 14.2 Å². The molecule has 0 atom stereocenters. The molecule has 100 valence electrons. The predicted molar refractivity (Wildman–Crippen MR) is 73.4 cm³/mol. The maximum atomic E-state index is 12.0. The molecule has 4 nitrogen and oxygen atoms in total. The van der Waals surface area contributed by atoms with Gasteiger partial charge in [-0.3, -0.25) is 4.79 Å². The van der Waals surface area contributed by atoms with Gasteiger partial charge in [-0.2, -0.15) is 11.8 Å². The molecule has 0 N–H and O–H groups in total. The minimum absolute atomic E-state index is 0.0728. The molecule has 0 heterocycles. The number of carbonyl (C=O) groups excluding carboxylic acids is 1. The van der Waals surface area contributed by atoms with Crippen molar-refractivity contribution in [2.75, 3.05) is 33.3 Å². The lowest BCUT2D eigenvalue weighted by molar-refractivity contribution is 0.0988. The molecule has 5 heteroatoms. The van der Waals surface area contributed by atoms with E-state index < -0.39 is 0 Å². The van der Waals surface area contributed by atoms with Crippen LogP contribution < -0.4 is 14.2 Å². The van der Waals surface area contributed by atoms with Crippen molar-refractivity contribution in [1.29, 1.82) is 0 Å². The lowest BCUT2D eigenvalue weighted by Gasteiger charge is -2.13. The van der Waals surface area contributed by atoms with E-state index >= 15 is 0 Å². The average Bonchev–Trinajstić information content (AvgIpc) is 2.42. The molecule has 0 unspecified atom stereocenters. The van der Waals surface area contributed by atoms with E-state index in [9.17, 15) is 4.79 Å². The van der Waals surface area contributed by atoms with Gasteiger partial charge in [-0.1, -0.05) is 0 Å². The lowest BCUT2D eigenvalue weighted by atomic mass is 10.1. The predicted octanol–water partition coefficient (Wildman–Crippen LogP) is 2.65. The van der Waals surface area contributed by atoms with Crippen LogP contribution in [0.15, 0.2) is 12.1 Å². The molecule has 0 spiro atoms. The van der Waals surface area contributed by atoms with Gasteiger partial charge in [0.2, 0.25) is 5.75 Å². The van der Waals surface area contributed by atoms with Gasteiger partial charge in [-0.05, 0) is 18.4 Å². The van der Waals surface area contributed by atoms with Crippen LogP contribution >= 0.6 is 11.8 Å². The molecule has 0 aromatic heterocycles. The van der Waals surface area contributed by atoms with Crippen LogP contribution in [0.2, 0.25) is 0 Å². The molecule has 0 fully saturated rings. The Bertz CT molecular complexity index is 392. The van der Waals surface area contributed by atoms with Gasteiger partial charge in [0.1, 0.15) is 0 Å². The first-order valence-electron chi connectivity index (χ1n) is 5.50. The van der Waals surface area contributed by atoms with Crippen molar-refractivity contribution in [3.8, 4) is 17.2 Å². The highest BCUT2D eigenvalue weighted by atomic mass is 32.2. The molecule has 1 rings (SSSR count). The number of methoxy groups -OCH3 is 3. The lowest BCUT2D eigenvalue weighted by Crippen LogP contribution is -2.03. The van der Waals surface area contributed by atoms with Crippen molar-refractivity contribution in [3.63, 3.8) is 0 Å². The van der Waals surface area contributed by atoms with Crippen LogP contribution in [0.3, 0.4) is 0 Å². The van der Waals surface area contributed by atoms with Gasteiger partial charge in [-0.15, -0.1) is 0 Å². The highest BCUT2D eigenvalue weighted by Crippen LogP contribution is 2.38. The summed E-state index contributed by atoms with van der Waals surface area (Å²) >= 11 is 1.64. The minimum atomic E-state index is 0.0728. The largest absolute Gasteiger partial charge is 0.493 e. The standard InChI is InChI=1S/C13H18O4S/c1-15-11-7-9(10(14)5-6-18-4)8-12(16-2)13(11)17-3/h7-8H,5-6H2,1-4H3. The number of hydrogen-bond acceptors (Lipinski definition) is 5. The number of rotatable bonds is 7. The quantitative estimate of drug-likeness (QED) is 0.713. The molecule has 1 aromatic rings. The topological polar surface area (TPSA) is 44.8 Å². The molecule has 18 heavy (non-hydrogen) atoms. The smallest absolute Gasteiger partial charge is 0.203 e. The Kier molecular flexibility index (Phi) is 5.85. The van der Waals surface area contributed by atoms with E-state index in [2.05, 4.69) is 0 Å². The van der Waals surface area contributed by atoms with Gasteiger partial charge >= 0.3 is 0 Å². The Morgan fingerprint density at radius 2 is 1.67 bits per heavy atom. The van der Waals surface area contributed by atoms with Crippen LogP contribution in [0, 0.1) is 0 Å². The number of Topliss-reactive ketones (excluding diaryl/α,β-unsaturated/α-hetero) is 1. The minimum Gasteiger partial charge on any atom is -0.493 e. The molecular formula is C13H18O4S. The van der Waals surface area contributed by atoms with Gasteiger partial charge in [0.25, 0.3) is 0 Å². The Labute approximate surface area is 112 Å². The van der Waals surface area contributed by atoms with Crippen LogP contribution in [0.1, 0.15) is 16.8 Å². The molecule has 0 bridgehead atoms. The van der Waals surface area contributed by atoms with Crippen molar-refractivity contribution in [2.24, 2.45) is 0 Å². The van der Waals surface area contributed by atoms with E-state index in [0.29, 0.717) is 29.2 Å². The van der Waals surface area contributed by atoms with E-state index in [0.717, 1.165) is 5.75 Å². The fourth-order valence-corrected chi connectivity index (χ4v) is 1.97. The zero-order valence-corrected chi connectivity index (χ0v) is 11.9. The van der Waals surface area contributed by atoms with Crippen LogP contribution in [0.25, 0.3) is 0 Å². The summed E-state index contributed by atoms with van der Waals surface area (Å²) in [6, 6.07) is 3.37. The second-order valence-corrected chi connectivity index (χ2v) is 4.57. The van der Waals surface area contributed by atoms with Crippen molar-refractivity contribution < 1.29 is 19.0 Å². The first-order valence-corrected chi connectivity index (χ1v) is 6.89. The SMILES string of the molecule is COc1cc(C(=O)CCSC)cc(OC)c1OC. The summed E-state index contributed by atoms with van der Waals surface area (Å²) in [4.78, 5) is 12.0. The van der Waals surface area contributed by atoms with Crippen molar-refractivity contribution in [1.82, 2.24) is 0 Å². The summed E-state index contributed by atoms with van der Waals surface area (Å²) < 4.78 is 15.6. The highest BCUT2D eigenvalue weighted by molar-refractivity contribution is 7.98. The third-order valence-electron chi connectivity index (χ3n) is 2.52. The summed E-state index contributed by atoms with van der Waals surface area (Å²) in [6.07, 6.45) is 2.47. The molecule has 0 radical (unpaired) electrons. The molecule has 0 aliphatic heterocycles. The summed E-state index contributed by atoms with van der Waals surface area (Å²) in [6.45, 7) is 0. The van der Waals surface area contributed by atoms with E-state index in [4.69, 9.17) is 14.2 Å². The van der Waals surface area contributed by atoms with E-state index in [1.165, 1.54) is 21.3 Å². The molecule has 0 amide bonds. The summed E-state index contributed by atoms with van der Waals surface area (Å²) in [5.74, 6) is 2.38. The van der Waals surface area contributed by atoms with Crippen LogP contribution in [0.4, 0.5) is 0 Å². The maximum Gasteiger partial charge on any atom is 0.203 e. The van der Waals surface area contributed by atoms with Crippen molar-refractivity contribution in [3.05, 3.63) is 17.7 Å². The summed E-state index contributed by atoms with van der Waals surface area (Å²) in [5.41, 5.74) is 0.582. The van der Waals surface area contributed by atoms with Gasteiger partial charge in [-0.25, -0.2) is 0 Å². The van der Waals surface area contributed by atoms with Crippen molar-refractivity contribution >= 4 is 17.5 Å². The Morgan fingerprint density at radius 1 is 1.11 bits per heavy atom. The second-order valence-electron chi connectivity index (χ2n) is 3.58. The van der Waals surface area contributed by atoms with Crippen molar-refractivity contribution in [2.45, 2.75) is 6.42 Å². The fourth-order valence-electron chi connectivity index (χ4n) is 1.58. The normalized spacial score (nSPS) is 10.0.